The van der Waals surface area contributed by atoms with Crippen LogP contribution >= 0.6 is 34.8 Å². The second-order valence-electron chi connectivity index (χ2n) is 4.34. The van der Waals surface area contributed by atoms with Gasteiger partial charge in [-0.05, 0) is 26.0 Å². The number of nitrogens with one attached hydrogen (secondary N) is 1. The van der Waals surface area contributed by atoms with Crippen LogP contribution in [0, 0.1) is 0 Å². The molecule has 3 N–H and O–H groups in total. The summed E-state index contributed by atoms with van der Waals surface area (Å²) in [5.41, 5.74) is 6.11. The summed E-state index contributed by atoms with van der Waals surface area (Å²) in [7, 11) is 0. The number of rotatable bonds is 4. The second kappa shape index (κ2) is 6.51. The van der Waals surface area contributed by atoms with E-state index in [1.54, 1.807) is 6.07 Å². The van der Waals surface area contributed by atoms with E-state index in [-0.39, 0.29) is 24.0 Å². The van der Waals surface area contributed by atoms with Crippen molar-refractivity contribution in [1.29, 1.82) is 0 Å². The number of halogens is 3. The molecule has 2 rings (SSSR count). The molecule has 2 aromatic rings. The minimum absolute atomic E-state index is 0.0272. The quantitative estimate of drug-likeness (QED) is 0.814. The highest BCUT2D eigenvalue weighted by molar-refractivity contribution is 6.44. The fourth-order valence-electron chi connectivity index (χ4n) is 1.43. The summed E-state index contributed by atoms with van der Waals surface area (Å²) in [6.07, 6.45) is -0.0896. The van der Waals surface area contributed by atoms with Gasteiger partial charge >= 0.3 is 6.01 Å². The van der Waals surface area contributed by atoms with Crippen molar-refractivity contribution in [3.8, 4) is 6.01 Å². The maximum Gasteiger partial charge on any atom is 0.323 e. The second-order valence-corrected chi connectivity index (χ2v) is 5.56. The van der Waals surface area contributed by atoms with Crippen molar-refractivity contribution in [2.45, 2.75) is 20.0 Å². The number of nitrogen functional groups attached to an aromatic ring is 1. The van der Waals surface area contributed by atoms with Gasteiger partial charge in [0.2, 0.25) is 11.9 Å². The number of anilines is 3. The maximum absolute atomic E-state index is 6.08. The van der Waals surface area contributed by atoms with Crippen molar-refractivity contribution in [3.05, 3.63) is 27.2 Å². The molecule has 112 valence electrons. The third kappa shape index (κ3) is 4.23. The van der Waals surface area contributed by atoms with Crippen LogP contribution < -0.4 is 15.8 Å². The third-order valence-electron chi connectivity index (χ3n) is 2.23. The molecule has 0 unspecified atom stereocenters. The molecule has 0 aliphatic heterocycles. The van der Waals surface area contributed by atoms with Crippen molar-refractivity contribution >= 4 is 52.4 Å². The smallest absolute Gasteiger partial charge is 0.323 e. The Kier molecular flexibility index (Phi) is 4.92. The van der Waals surface area contributed by atoms with E-state index in [4.69, 9.17) is 45.3 Å². The fraction of sp³-hybridized carbons (Fsp3) is 0.250. The van der Waals surface area contributed by atoms with Crippen LogP contribution in [0.15, 0.2) is 12.1 Å². The van der Waals surface area contributed by atoms with Crippen molar-refractivity contribution in [3.63, 3.8) is 0 Å². The maximum atomic E-state index is 6.08. The molecule has 0 spiro atoms. The molecule has 0 bridgehead atoms. The summed E-state index contributed by atoms with van der Waals surface area (Å²) in [6, 6.07) is 3.20. The normalized spacial score (nSPS) is 10.8. The molecule has 1 aromatic heterocycles. The van der Waals surface area contributed by atoms with Crippen LogP contribution in [0.25, 0.3) is 0 Å². The van der Waals surface area contributed by atoms with Crippen molar-refractivity contribution in [1.82, 2.24) is 15.0 Å². The zero-order valence-corrected chi connectivity index (χ0v) is 13.5. The van der Waals surface area contributed by atoms with Crippen molar-refractivity contribution in [2.75, 3.05) is 11.1 Å². The Morgan fingerprint density at radius 2 is 1.71 bits per heavy atom. The van der Waals surface area contributed by atoms with Gasteiger partial charge in [0.1, 0.15) is 0 Å². The summed E-state index contributed by atoms with van der Waals surface area (Å²) in [4.78, 5) is 11.9. The van der Waals surface area contributed by atoms with Crippen LogP contribution in [0.4, 0.5) is 17.6 Å². The van der Waals surface area contributed by atoms with Gasteiger partial charge in [0.05, 0.1) is 26.9 Å². The monoisotopic (exact) mass is 347 g/mol. The third-order valence-corrected chi connectivity index (χ3v) is 3.26. The lowest BCUT2D eigenvalue weighted by Crippen LogP contribution is -2.11. The Hall–Kier alpha value is -1.50. The van der Waals surface area contributed by atoms with E-state index in [9.17, 15) is 0 Å². The van der Waals surface area contributed by atoms with Crippen LogP contribution in [0.1, 0.15) is 13.8 Å². The molecule has 1 aromatic carbocycles. The van der Waals surface area contributed by atoms with Crippen molar-refractivity contribution < 1.29 is 4.74 Å². The van der Waals surface area contributed by atoms with Crippen molar-refractivity contribution in [2.24, 2.45) is 0 Å². The molecular weight excluding hydrogens is 337 g/mol. The van der Waals surface area contributed by atoms with Gasteiger partial charge in [0, 0.05) is 0 Å². The Labute approximate surface area is 136 Å². The molecule has 0 atom stereocenters. The van der Waals surface area contributed by atoms with Crippen LogP contribution in [0.5, 0.6) is 6.01 Å². The van der Waals surface area contributed by atoms with Crippen LogP contribution in [0.3, 0.4) is 0 Å². The Morgan fingerprint density at radius 1 is 1.05 bits per heavy atom. The minimum Gasteiger partial charge on any atom is -0.461 e. The first kappa shape index (κ1) is 15.9. The van der Waals surface area contributed by atoms with E-state index in [2.05, 4.69) is 20.3 Å². The summed E-state index contributed by atoms with van der Waals surface area (Å²) in [5, 5.41) is 3.97. The molecular formula is C12H12Cl3N5O. The molecule has 0 aliphatic carbocycles. The minimum atomic E-state index is -0.0896. The molecule has 9 heteroatoms. The van der Waals surface area contributed by atoms with Gasteiger partial charge < -0.3 is 15.8 Å². The largest absolute Gasteiger partial charge is 0.461 e. The first-order valence-electron chi connectivity index (χ1n) is 5.95. The van der Waals surface area contributed by atoms with Gasteiger partial charge in [-0.15, -0.1) is 0 Å². The Balaban J connectivity index is 2.31. The lowest BCUT2D eigenvalue weighted by Gasteiger charge is -2.11. The average Bonchev–Trinajstić information content (AvgIpc) is 2.34. The van der Waals surface area contributed by atoms with E-state index in [1.165, 1.54) is 6.07 Å². The molecule has 0 saturated carbocycles. The first-order valence-corrected chi connectivity index (χ1v) is 7.08. The fourth-order valence-corrected chi connectivity index (χ4v) is 2.02. The molecule has 1 heterocycles. The van der Waals surface area contributed by atoms with Crippen LogP contribution in [-0.4, -0.2) is 21.1 Å². The molecule has 21 heavy (non-hydrogen) atoms. The molecule has 0 amide bonds. The van der Waals surface area contributed by atoms with E-state index in [0.29, 0.717) is 20.8 Å². The highest BCUT2D eigenvalue weighted by Crippen LogP contribution is 2.33. The first-order chi connectivity index (χ1) is 9.85. The number of nitrogens with zero attached hydrogens (tertiary/aromatic N) is 3. The molecule has 0 radical (unpaired) electrons. The summed E-state index contributed by atoms with van der Waals surface area (Å²) in [5.74, 6) is 0.220. The molecule has 0 saturated heterocycles. The lowest BCUT2D eigenvalue weighted by molar-refractivity contribution is 0.222. The van der Waals surface area contributed by atoms with E-state index in [0.717, 1.165) is 0 Å². The number of aromatic nitrogens is 3. The number of nitrogens with two attached hydrogens (primary N) is 1. The predicted octanol–water partition coefficient (Wildman–Crippen LogP) is 3.94. The predicted molar refractivity (Wildman–Crippen MR) is 84.8 cm³/mol. The number of hydrogen-bond acceptors (Lipinski definition) is 6. The lowest BCUT2D eigenvalue weighted by atomic mass is 10.3. The zero-order valence-electron chi connectivity index (χ0n) is 11.2. The number of hydrogen-bond donors (Lipinski definition) is 2. The highest BCUT2D eigenvalue weighted by atomic mass is 35.5. The van der Waals surface area contributed by atoms with Gasteiger partial charge in [-0.1, -0.05) is 34.8 Å². The summed E-state index contributed by atoms with van der Waals surface area (Å²) in [6.45, 7) is 3.70. The highest BCUT2D eigenvalue weighted by Gasteiger charge is 2.11. The molecule has 0 aliphatic rings. The topological polar surface area (TPSA) is 86.0 Å². The Bertz CT molecular complexity index is 666. The van der Waals surface area contributed by atoms with E-state index in [1.807, 2.05) is 13.8 Å². The molecule has 0 fully saturated rings. The summed E-state index contributed by atoms with van der Waals surface area (Å²) < 4.78 is 5.38. The van der Waals surface area contributed by atoms with Crippen LogP contribution in [-0.2, 0) is 0 Å². The van der Waals surface area contributed by atoms with E-state index >= 15 is 0 Å². The zero-order chi connectivity index (χ0) is 15.6. The Morgan fingerprint density at radius 3 is 2.38 bits per heavy atom. The van der Waals surface area contributed by atoms with Gasteiger partial charge in [-0.2, -0.15) is 15.0 Å². The molecule has 6 nitrogen and oxygen atoms in total. The van der Waals surface area contributed by atoms with Crippen LogP contribution in [0.2, 0.25) is 15.1 Å². The van der Waals surface area contributed by atoms with E-state index < -0.39 is 0 Å². The van der Waals surface area contributed by atoms with Gasteiger partial charge in [0.15, 0.2) is 0 Å². The number of ether oxygens (including phenoxy) is 1. The summed E-state index contributed by atoms with van der Waals surface area (Å²) >= 11 is 17.9. The SMILES string of the molecule is CC(C)Oc1nc(N)nc(Nc2cc(Cl)c(Cl)cc2Cl)n1. The van der Waals surface area contributed by atoms with Gasteiger partial charge in [-0.3, -0.25) is 0 Å². The standard InChI is InChI=1S/C12H12Cl3N5O/c1-5(2)21-12-19-10(16)18-11(20-12)17-9-4-7(14)6(13)3-8(9)15/h3-5H,1-2H3,(H3,16,17,18,19,20). The number of benzene rings is 1. The van der Waals surface area contributed by atoms with Gasteiger partial charge in [-0.25, -0.2) is 0 Å². The average molecular weight is 349 g/mol. The van der Waals surface area contributed by atoms with Gasteiger partial charge in [0.25, 0.3) is 0 Å².